The Hall–Kier alpha value is -1.37. The second-order valence-electron chi connectivity index (χ2n) is 14.2. The molecule has 1 saturated heterocycles. The molecule has 1 heterocycles. The lowest BCUT2D eigenvalue weighted by Crippen LogP contribution is -2.60. The Morgan fingerprint density at radius 2 is 1.16 bits per heavy atom. The highest BCUT2D eigenvalue weighted by atomic mass is 16.7. The largest absolute Gasteiger partial charge is 0.394 e. The first-order chi connectivity index (χ1) is 24.3. The summed E-state index contributed by atoms with van der Waals surface area (Å²) in [6.07, 6.45) is 24.1. The minimum Gasteiger partial charge on any atom is -0.394 e. The number of nitrogens with one attached hydrogen (secondary N) is 1. The zero-order valence-corrected chi connectivity index (χ0v) is 31.5. The van der Waals surface area contributed by atoms with Crippen molar-refractivity contribution in [2.45, 2.75) is 210 Å². The summed E-state index contributed by atoms with van der Waals surface area (Å²) in [5.74, 6) is -0.629. The Labute approximate surface area is 303 Å². The molecule has 1 aliphatic heterocycles. The zero-order chi connectivity index (χ0) is 36.8. The molecule has 0 aromatic heterocycles. The van der Waals surface area contributed by atoms with Gasteiger partial charge in [-0.2, -0.15) is 0 Å². The molecular formula is C40H75NO9. The number of allylic oxidation sites excluding steroid dienone is 3. The number of carbonyl (C=O) groups is 1. The fourth-order valence-electron chi connectivity index (χ4n) is 6.21. The molecule has 0 radical (unpaired) electrons. The van der Waals surface area contributed by atoms with Gasteiger partial charge in [0.25, 0.3) is 0 Å². The van der Waals surface area contributed by atoms with Crippen LogP contribution >= 0.6 is 0 Å². The van der Waals surface area contributed by atoms with Gasteiger partial charge < -0.3 is 45.4 Å². The van der Waals surface area contributed by atoms with Gasteiger partial charge in [0.1, 0.15) is 30.5 Å². The van der Waals surface area contributed by atoms with E-state index in [0.29, 0.717) is 12.8 Å². The van der Waals surface area contributed by atoms with Gasteiger partial charge in [-0.25, -0.2) is 0 Å². The topological polar surface area (TPSA) is 169 Å². The number of hydrogen-bond donors (Lipinski definition) is 7. The molecule has 1 fully saturated rings. The predicted octanol–water partition coefficient (Wildman–Crippen LogP) is 6.13. The summed E-state index contributed by atoms with van der Waals surface area (Å²) in [6, 6.07) is -0.980. The maximum absolute atomic E-state index is 12.9. The molecule has 10 heteroatoms. The fraction of sp³-hybridized carbons (Fsp3) is 0.875. The van der Waals surface area contributed by atoms with E-state index in [4.69, 9.17) is 9.47 Å². The van der Waals surface area contributed by atoms with E-state index in [1.807, 2.05) is 6.08 Å². The number of rotatable bonds is 32. The van der Waals surface area contributed by atoms with Crippen LogP contribution in [0.3, 0.4) is 0 Å². The summed E-state index contributed by atoms with van der Waals surface area (Å²) < 4.78 is 11.1. The molecule has 0 spiro atoms. The SMILES string of the molecule is CCCCC/C=C\CCCCCCC(O)C(=O)NC(COC1OC(CO)C(O)C(O)C1O)C(O)/C=C/CCCCCCCCCCCCCC. The number of carbonyl (C=O) groups excluding carboxylic acids is 1. The number of aliphatic hydroxyl groups is 6. The molecule has 1 amide bonds. The summed E-state index contributed by atoms with van der Waals surface area (Å²) in [4.78, 5) is 12.9. The van der Waals surface area contributed by atoms with Crippen molar-refractivity contribution in [3.05, 3.63) is 24.3 Å². The van der Waals surface area contributed by atoms with Crippen LogP contribution < -0.4 is 5.32 Å². The summed E-state index contributed by atoms with van der Waals surface area (Å²) in [5, 5.41) is 64.3. The molecule has 294 valence electrons. The first-order valence-corrected chi connectivity index (χ1v) is 20.2. The number of amides is 1. The standard InChI is InChI=1S/C40H75NO9/c1-3-5-7-9-11-13-15-16-17-19-20-22-24-26-28-33(43)32(31-49-40-38(47)37(46)36(45)35(30-42)50-40)41-39(48)34(44)29-27-25-23-21-18-14-12-10-8-6-4-2/h12,14,26,28,32-38,40,42-47H,3-11,13,15-25,27,29-31H2,1-2H3,(H,41,48)/b14-12-,28-26+. The monoisotopic (exact) mass is 714 g/mol. The van der Waals surface area contributed by atoms with Gasteiger partial charge in [0.2, 0.25) is 5.91 Å². The molecule has 7 N–H and O–H groups in total. The Bertz CT molecular complexity index is 855. The second kappa shape index (κ2) is 31.2. The van der Waals surface area contributed by atoms with Crippen LogP contribution in [0, 0.1) is 0 Å². The minimum absolute atomic E-state index is 0.296. The summed E-state index contributed by atoms with van der Waals surface area (Å²) in [5.41, 5.74) is 0. The lowest BCUT2D eigenvalue weighted by Gasteiger charge is -2.40. The third-order valence-electron chi connectivity index (χ3n) is 9.63. The third-order valence-corrected chi connectivity index (χ3v) is 9.63. The average Bonchev–Trinajstić information content (AvgIpc) is 3.11. The summed E-state index contributed by atoms with van der Waals surface area (Å²) >= 11 is 0. The maximum atomic E-state index is 12.9. The van der Waals surface area contributed by atoms with Gasteiger partial charge >= 0.3 is 0 Å². The Morgan fingerprint density at radius 3 is 1.72 bits per heavy atom. The molecule has 0 aromatic rings. The van der Waals surface area contributed by atoms with Crippen LogP contribution in [0.25, 0.3) is 0 Å². The highest BCUT2D eigenvalue weighted by Crippen LogP contribution is 2.22. The van der Waals surface area contributed by atoms with E-state index in [1.54, 1.807) is 6.08 Å². The third kappa shape index (κ3) is 21.9. The molecule has 0 saturated carbocycles. The molecule has 0 aromatic carbocycles. The first-order valence-electron chi connectivity index (χ1n) is 20.2. The van der Waals surface area contributed by atoms with Crippen LogP contribution in [0.15, 0.2) is 24.3 Å². The lowest BCUT2D eigenvalue weighted by molar-refractivity contribution is -0.302. The van der Waals surface area contributed by atoms with Crippen LogP contribution in [0.1, 0.15) is 162 Å². The molecular weight excluding hydrogens is 638 g/mol. The van der Waals surface area contributed by atoms with Crippen molar-refractivity contribution in [2.75, 3.05) is 13.2 Å². The van der Waals surface area contributed by atoms with E-state index in [2.05, 4.69) is 31.3 Å². The van der Waals surface area contributed by atoms with Gasteiger partial charge in [-0.05, 0) is 44.9 Å². The van der Waals surface area contributed by atoms with Crippen molar-refractivity contribution >= 4 is 5.91 Å². The normalized spacial score (nSPS) is 23.1. The molecule has 10 nitrogen and oxygen atoms in total. The van der Waals surface area contributed by atoms with Gasteiger partial charge in [-0.15, -0.1) is 0 Å². The molecule has 50 heavy (non-hydrogen) atoms. The Kier molecular flexibility index (Phi) is 29.1. The molecule has 8 atom stereocenters. The zero-order valence-electron chi connectivity index (χ0n) is 31.5. The Balaban J connectivity index is 2.52. The van der Waals surface area contributed by atoms with Gasteiger partial charge in [0, 0.05) is 0 Å². The highest BCUT2D eigenvalue weighted by Gasteiger charge is 2.44. The van der Waals surface area contributed by atoms with Crippen LogP contribution in [-0.2, 0) is 14.3 Å². The van der Waals surface area contributed by atoms with Crippen molar-refractivity contribution in [3.63, 3.8) is 0 Å². The predicted molar refractivity (Wildman–Crippen MR) is 199 cm³/mol. The number of unbranched alkanes of at least 4 members (excludes halogenated alkanes) is 19. The molecule has 0 aliphatic carbocycles. The van der Waals surface area contributed by atoms with E-state index < -0.39 is 61.5 Å². The van der Waals surface area contributed by atoms with E-state index in [1.165, 1.54) is 83.5 Å². The minimum atomic E-state index is -1.61. The molecule has 0 bridgehead atoms. The molecule has 1 rings (SSSR count). The summed E-state index contributed by atoms with van der Waals surface area (Å²) in [6.45, 7) is 3.54. The highest BCUT2D eigenvalue weighted by molar-refractivity contribution is 5.80. The van der Waals surface area contributed by atoms with Crippen molar-refractivity contribution in [2.24, 2.45) is 0 Å². The number of ether oxygens (including phenoxy) is 2. The smallest absolute Gasteiger partial charge is 0.249 e. The fourth-order valence-corrected chi connectivity index (χ4v) is 6.21. The second-order valence-corrected chi connectivity index (χ2v) is 14.2. The van der Waals surface area contributed by atoms with E-state index in [-0.39, 0.29) is 6.61 Å². The first kappa shape index (κ1) is 46.7. The van der Waals surface area contributed by atoms with Crippen molar-refractivity contribution in [1.29, 1.82) is 0 Å². The number of hydrogen-bond acceptors (Lipinski definition) is 9. The average molecular weight is 714 g/mol. The van der Waals surface area contributed by atoms with Crippen molar-refractivity contribution in [1.82, 2.24) is 5.32 Å². The van der Waals surface area contributed by atoms with Gasteiger partial charge in [0.05, 0.1) is 25.4 Å². The molecule has 8 unspecified atom stereocenters. The van der Waals surface area contributed by atoms with Crippen molar-refractivity contribution < 1.29 is 44.9 Å². The van der Waals surface area contributed by atoms with Crippen LogP contribution in [-0.4, -0.2) is 98.7 Å². The maximum Gasteiger partial charge on any atom is 0.249 e. The van der Waals surface area contributed by atoms with E-state index in [9.17, 15) is 35.4 Å². The van der Waals surface area contributed by atoms with Gasteiger partial charge in [-0.1, -0.05) is 141 Å². The van der Waals surface area contributed by atoms with Crippen LogP contribution in [0.4, 0.5) is 0 Å². The Morgan fingerprint density at radius 1 is 0.680 bits per heavy atom. The van der Waals surface area contributed by atoms with E-state index >= 15 is 0 Å². The van der Waals surface area contributed by atoms with Crippen LogP contribution in [0.5, 0.6) is 0 Å². The quantitative estimate of drug-likeness (QED) is 0.0320. The number of aliphatic hydroxyl groups excluding tert-OH is 6. The van der Waals surface area contributed by atoms with Gasteiger partial charge in [0.15, 0.2) is 6.29 Å². The van der Waals surface area contributed by atoms with Crippen molar-refractivity contribution in [3.8, 4) is 0 Å². The van der Waals surface area contributed by atoms with Gasteiger partial charge in [-0.3, -0.25) is 4.79 Å². The lowest BCUT2D eigenvalue weighted by atomic mass is 9.99. The molecule has 1 aliphatic rings. The van der Waals surface area contributed by atoms with Crippen LogP contribution in [0.2, 0.25) is 0 Å². The van der Waals surface area contributed by atoms with E-state index in [0.717, 1.165) is 51.4 Å². The summed E-state index contributed by atoms with van der Waals surface area (Å²) in [7, 11) is 0.